The second-order valence-electron chi connectivity index (χ2n) is 6.90. The third kappa shape index (κ3) is 1.87. The molecule has 2 aliphatic carbocycles. The maximum absolute atomic E-state index is 12.0. The fourth-order valence-corrected chi connectivity index (χ4v) is 3.87. The Morgan fingerprint density at radius 2 is 2.16 bits per heavy atom. The minimum Gasteiger partial charge on any atom is -0.465 e. The Bertz CT molecular complexity index is 412. The summed E-state index contributed by atoms with van der Waals surface area (Å²) in [7, 11) is 0. The zero-order valence-corrected chi connectivity index (χ0v) is 11.8. The monoisotopic (exact) mass is 266 g/mol. The largest absolute Gasteiger partial charge is 0.465 e. The summed E-state index contributed by atoms with van der Waals surface area (Å²) in [6.45, 7) is 6.17. The van der Waals surface area contributed by atoms with Gasteiger partial charge in [0.15, 0.2) is 0 Å². The van der Waals surface area contributed by atoms with Crippen molar-refractivity contribution < 1.29 is 19.1 Å². The SMILES string of the molecule is CCC(C)(C)C(=O)OCC1C2CC3OC(=O)C1C3C2. The number of hydrogen-bond acceptors (Lipinski definition) is 4. The summed E-state index contributed by atoms with van der Waals surface area (Å²) in [6, 6.07) is 0. The third-order valence-electron chi connectivity index (χ3n) is 5.50. The summed E-state index contributed by atoms with van der Waals surface area (Å²) in [4.78, 5) is 23.8. The zero-order valence-electron chi connectivity index (χ0n) is 11.8. The molecule has 3 rings (SSSR count). The average molecular weight is 266 g/mol. The van der Waals surface area contributed by atoms with Gasteiger partial charge in [-0.15, -0.1) is 0 Å². The lowest BCUT2D eigenvalue weighted by Gasteiger charge is -2.26. The Hall–Kier alpha value is -1.06. The van der Waals surface area contributed by atoms with Crippen molar-refractivity contribution in [2.24, 2.45) is 29.1 Å². The predicted molar refractivity (Wildman–Crippen MR) is 68.1 cm³/mol. The molecule has 5 unspecified atom stereocenters. The summed E-state index contributed by atoms with van der Waals surface area (Å²) in [5, 5.41) is 0. The molecule has 4 heteroatoms. The van der Waals surface area contributed by atoms with Gasteiger partial charge in [-0.3, -0.25) is 9.59 Å². The van der Waals surface area contributed by atoms with E-state index in [1.165, 1.54) is 0 Å². The minimum absolute atomic E-state index is 0.0127. The number of fused-ring (bicyclic) bond motifs is 1. The van der Waals surface area contributed by atoms with Crippen LogP contribution in [0.15, 0.2) is 0 Å². The molecule has 1 saturated heterocycles. The molecule has 0 radical (unpaired) electrons. The third-order valence-corrected chi connectivity index (χ3v) is 5.50. The molecular weight excluding hydrogens is 244 g/mol. The lowest BCUT2D eigenvalue weighted by molar-refractivity contribution is -0.157. The zero-order chi connectivity index (χ0) is 13.8. The van der Waals surface area contributed by atoms with Crippen LogP contribution < -0.4 is 0 Å². The first-order valence-electron chi connectivity index (χ1n) is 7.31. The van der Waals surface area contributed by atoms with E-state index in [2.05, 4.69) is 0 Å². The number of esters is 2. The quantitative estimate of drug-likeness (QED) is 0.732. The van der Waals surface area contributed by atoms with Crippen molar-refractivity contribution in [1.29, 1.82) is 0 Å². The van der Waals surface area contributed by atoms with Crippen molar-refractivity contribution in [1.82, 2.24) is 0 Å². The van der Waals surface area contributed by atoms with Gasteiger partial charge in [0, 0.05) is 11.8 Å². The molecule has 0 spiro atoms. The first kappa shape index (κ1) is 12.9. The van der Waals surface area contributed by atoms with E-state index in [-0.39, 0.29) is 29.9 Å². The Kier molecular flexibility index (Phi) is 2.88. The van der Waals surface area contributed by atoms with Crippen LogP contribution in [0.3, 0.4) is 0 Å². The van der Waals surface area contributed by atoms with Gasteiger partial charge in [-0.25, -0.2) is 0 Å². The number of ether oxygens (including phenoxy) is 2. The molecule has 0 amide bonds. The van der Waals surface area contributed by atoms with Gasteiger partial charge in [0.1, 0.15) is 6.10 Å². The van der Waals surface area contributed by atoms with E-state index in [9.17, 15) is 9.59 Å². The van der Waals surface area contributed by atoms with E-state index in [1.54, 1.807) is 0 Å². The molecule has 1 aliphatic heterocycles. The first-order valence-corrected chi connectivity index (χ1v) is 7.31. The van der Waals surface area contributed by atoms with Crippen molar-refractivity contribution in [2.75, 3.05) is 6.61 Å². The summed E-state index contributed by atoms with van der Waals surface area (Å²) in [6.07, 6.45) is 2.95. The van der Waals surface area contributed by atoms with Gasteiger partial charge >= 0.3 is 11.9 Å². The van der Waals surface area contributed by atoms with E-state index in [4.69, 9.17) is 9.47 Å². The Balaban J connectivity index is 1.63. The Morgan fingerprint density at radius 3 is 2.84 bits per heavy atom. The molecule has 2 bridgehead atoms. The predicted octanol–water partition coefficient (Wildman–Crippen LogP) is 2.16. The second kappa shape index (κ2) is 4.22. The molecule has 4 nitrogen and oxygen atoms in total. The Morgan fingerprint density at radius 1 is 1.42 bits per heavy atom. The summed E-state index contributed by atoms with van der Waals surface area (Å²) < 4.78 is 10.9. The number of hydrogen-bond donors (Lipinski definition) is 0. The number of carbonyl (C=O) groups excluding carboxylic acids is 2. The van der Waals surface area contributed by atoms with Crippen molar-refractivity contribution >= 4 is 11.9 Å². The first-order chi connectivity index (χ1) is 8.94. The molecule has 0 N–H and O–H groups in total. The van der Waals surface area contributed by atoms with Crippen LogP contribution in [0.1, 0.15) is 40.0 Å². The smallest absolute Gasteiger partial charge is 0.311 e. The van der Waals surface area contributed by atoms with Gasteiger partial charge in [-0.05, 0) is 39.0 Å². The molecule has 3 aliphatic rings. The Labute approximate surface area is 113 Å². The maximum atomic E-state index is 12.0. The topological polar surface area (TPSA) is 52.6 Å². The highest BCUT2D eigenvalue weighted by molar-refractivity contribution is 5.77. The summed E-state index contributed by atoms with van der Waals surface area (Å²) >= 11 is 0. The van der Waals surface area contributed by atoms with Crippen LogP contribution in [-0.2, 0) is 19.1 Å². The van der Waals surface area contributed by atoms with E-state index < -0.39 is 5.41 Å². The van der Waals surface area contributed by atoms with Crippen LogP contribution in [0.25, 0.3) is 0 Å². The fourth-order valence-electron chi connectivity index (χ4n) is 3.87. The van der Waals surface area contributed by atoms with E-state index >= 15 is 0 Å². The number of rotatable bonds is 4. The van der Waals surface area contributed by atoms with Crippen LogP contribution in [0.2, 0.25) is 0 Å². The lowest BCUT2D eigenvalue weighted by Crippen LogP contribution is -2.33. The van der Waals surface area contributed by atoms with Crippen LogP contribution in [0.4, 0.5) is 0 Å². The van der Waals surface area contributed by atoms with Gasteiger partial charge in [0.05, 0.1) is 17.9 Å². The van der Waals surface area contributed by atoms with Gasteiger partial charge in [0.2, 0.25) is 0 Å². The van der Waals surface area contributed by atoms with Gasteiger partial charge in [0.25, 0.3) is 0 Å². The van der Waals surface area contributed by atoms with Crippen LogP contribution >= 0.6 is 0 Å². The van der Waals surface area contributed by atoms with Crippen molar-refractivity contribution in [3.8, 4) is 0 Å². The fraction of sp³-hybridized carbons (Fsp3) is 0.867. The molecule has 3 fully saturated rings. The molecule has 5 atom stereocenters. The normalized spacial score (nSPS) is 39.5. The number of carbonyl (C=O) groups is 2. The molecule has 106 valence electrons. The molecule has 2 saturated carbocycles. The van der Waals surface area contributed by atoms with E-state index in [0.717, 1.165) is 19.3 Å². The van der Waals surface area contributed by atoms with Crippen molar-refractivity contribution in [2.45, 2.75) is 46.1 Å². The minimum atomic E-state index is -0.434. The van der Waals surface area contributed by atoms with Gasteiger partial charge < -0.3 is 9.47 Å². The van der Waals surface area contributed by atoms with E-state index in [0.29, 0.717) is 18.4 Å². The molecule has 0 aromatic heterocycles. The molecule has 0 aromatic rings. The molecule has 19 heavy (non-hydrogen) atoms. The van der Waals surface area contributed by atoms with Crippen LogP contribution in [0.5, 0.6) is 0 Å². The lowest BCUT2D eigenvalue weighted by atomic mass is 9.80. The molecule has 1 heterocycles. The van der Waals surface area contributed by atoms with Gasteiger partial charge in [-0.2, -0.15) is 0 Å². The van der Waals surface area contributed by atoms with Crippen LogP contribution in [-0.4, -0.2) is 24.6 Å². The molecular formula is C15H22O4. The average Bonchev–Trinajstić information content (AvgIpc) is 2.96. The highest BCUT2D eigenvalue weighted by Gasteiger charge is 2.62. The summed E-state index contributed by atoms with van der Waals surface area (Å²) in [5.74, 6) is 0.852. The van der Waals surface area contributed by atoms with E-state index in [1.807, 2.05) is 20.8 Å². The standard InChI is InChI=1S/C15H22O4/c1-4-15(2,3)14(17)18-7-10-8-5-9-11(6-8)19-13(16)12(9)10/h8-12H,4-7H2,1-3H3. The second-order valence-corrected chi connectivity index (χ2v) is 6.90. The van der Waals surface area contributed by atoms with Crippen molar-refractivity contribution in [3.63, 3.8) is 0 Å². The van der Waals surface area contributed by atoms with Gasteiger partial charge in [-0.1, -0.05) is 6.92 Å². The van der Waals surface area contributed by atoms with Crippen LogP contribution in [0, 0.1) is 29.1 Å². The summed E-state index contributed by atoms with van der Waals surface area (Å²) in [5.41, 5.74) is -0.434. The molecule has 0 aromatic carbocycles. The highest BCUT2D eigenvalue weighted by atomic mass is 16.6. The van der Waals surface area contributed by atoms with Crippen molar-refractivity contribution in [3.05, 3.63) is 0 Å². The maximum Gasteiger partial charge on any atom is 0.311 e. The highest BCUT2D eigenvalue weighted by Crippen LogP contribution is 2.57.